The number of nitrogens with one attached hydrogen (secondary N) is 1. The molecule has 8 heteroatoms. The SMILES string of the molecule is O=C(Nc1ccc(-c2ccc(C3(C(=O)O)CC3)cc2F)cc1)c1ccc(C(F)(F)F)cc1. The molecule has 164 valence electrons. The van der Waals surface area contributed by atoms with Crippen LogP contribution in [0.15, 0.2) is 66.7 Å². The molecular formula is C24H17F4NO3. The molecule has 0 saturated heterocycles. The molecule has 0 unspecified atom stereocenters. The van der Waals surface area contributed by atoms with Gasteiger partial charge in [0.05, 0.1) is 11.0 Å². The number of halogens is 4. The smallest absolute Gasteiger partial charge is 0.416 e. The van der Waals surface area contributed by atoms with E-state index in [9.17, 15) is 32.3 Å². The Kier molecular flexibility index (Phi) is 5.24. The molecule has 32 heavy (non-hydrogen) atoms. The third-order valence-corrected chi connectivity index (χ3v) is 5.61. The number of carbonyl (C=O) groups is 2. The monoisotopic (exact) mass is 443 g/mol. The molecule has 1 amide bonds. The highest BCUT2D eigenvalue weighted by Crippen LogP contribution is 2.49. The fourth-order valence-electron chi connectivity index (χ4n) is 3.54. The number of carboxylic acids is 1. The Labute approximate surface area is 180 Å². The summed E-state index contributed by atoms with van der Waals surface area (Å²) in [4.78, 5) is 23.7. The Morgan fingerprint density at radius 2 is 1.53 bits per heavy atom. The maximum absolute atomic E-state index is 14.7. The molecule has 0 aliphatic heterocycles. The predicted molar refractivity (Wildman–Crippen MR) is 110 cm³/mol. The van der Waals surface area contributed by atoms with E-state index in [-0.39, 0.29) is 11.1 Å². The van der Waals surface area contributed by atoms with E-state index in [0.29, 0.717) is 29.7 Å². The summed E-state index contributed by atoms with van der Waals surface area (Å²) in [6.45, 7) is 0. The summed E-state index contributed by atoms with van der Waals surface area (Å²) in [6, 6.07) is 14.5. The lowest BCUT2D eigenvalue weighted by Crippen LogP contribution is -2.19. The highest BCUT2D eigenvalue weighted by molar-refractivity contribution is 6.04. The number of amides is 1. The van der Waals surface area contributed by atoms with Gasteiger partial charge in [0.1, 0.15) is 5.82 Å². The summed E-state index contributed by atoms with van der Waals surface area (Å²) in [5.74, 6) is -2.08. The number of hydrogen-bond acceptors (Lipinski definition) is 2. The Balaban J connectivity index is 1.48. The van der Waals surface area contributed by atoms with Crippen molar-refractivity contribution in [1.82, 2.24) is 0 Å². The van der Waals surface area contributed by atoms with E-state index < -0.39 is 34.8 Å². The minimum atomic E-state index is -4.48. The third-order valence-electron chi connectivity index (χ3n) is 5.61. The normalized spacial score (nSPS) is 14.6. The first-order valence-electron chi connectivity index (χ1n) is 9.73. The summed E-state index contributed by atoms with van der Waals surface area (Å²) in [5.41, 5.74) is -0.132. The van der Waals surface area contributed by atoms with Gasteiger partial charge in [0, 0.05) is 16.8 Å². The second-order valence-electron chi connectivity index (χ2n) is 7.69. The number of aliphatic carboxylic acids is 1. The molecule has 1 fully saturated rings. The molecule has 4 rings (SSSR count). The van der Waals surface area contributed by atoms with Gasteiger partial charge in [-0.3, -0.25) is 9.59 Å². The fourth-order valence-corrected chi connectivity index (χ4v) is 3.54. The van der Waals surface area contributed by atoms with Gasteiger partial charge in [-0.15, -0.1) is 0 Å². The zero-order valence-corrected chi connectivity index (χ0v) is 16.5. The van der Waals surface area contributed by atoms with Gasteiger partial charge in [-0.25, -0.2) is 4.39 Å². The van der Waals surface area contributed by atoms with Crippen molar-refractivity contribution in [1.29, 1.82) is 0 Å². The van der Waals surface area contributed by atoms with E-state index in [0.717, 1.165) is 24.3 Å². The molecule has 3 aromatic rings. The van der Waals surface area contributed by atoms with Crippen molar-refractivity contribution in [3.05, 3.63) is 89.2 Å². The van der Waals surface area contributed by atoms with Crippen LogP contribution < -0.4 is 5.32 Å². The first kappa shape index (κ1) is 21.5. The topological polar surface area (TPSA) is 66.4 Å². The van der Waals surface area contributed by atoms with Crippen molar-refractivity contribution in [3.8, 4) is 11.1 Å². The number of hydrogen-bond donors (Lipinski definition) is 2. The van der Waals surface area contributed by atoms with Crippen LogP contribution in [-0.2, 0) is 16.4 Å². The van der Waals surface area contributed by atoms with Crippen LogP contribution in [0.3, 0.4) is 0 Å². The van der Waals surface area contributed by atoms with E-state index >= 15 is 0 Å². The molecule has 1 aliphatic carbocycles. The molecule has 0 spiro atoms. The third kappa shape index (κ3) is 4.08. The fraction of sp³-hybridized carbons (Fsp3) is 0.167. The number of carbonyl (C=O) groups excluding carboxylic acids is 1. The maximum atomic E-state index is 14.7. The van der Waals surface area contributed by atoms with E-state index in [2.05, 4.69) is 5.32 Å². The summed E-state index contributed by atoms with van der Waals surface area (Å²) < 4.78 is 52.6. The van der Waals surface area contributed by atoms with E-state index in [4.69, 9.17) is 0 Å². The van der Waals surface area contributed by atoms with Crippen LogP contribution in [-0.4, -0.2) is 17.0 Å². The lowest BCUT2D eigenvalue weighted by Gasteiger charge is -2.13. The van der Waals surface area contributed by atoms with Gasteiger partial charge < -0.3 is 10.4 Å². The van der Waals surface area contributed by atoms with Gasteiger partial charge in [0.2, 0.25) is 0 Å². The number of rotatable bonds is 5. The van der Waals surface area contributed by atoms with Crippen molar-refractivity contribution in [2.75, 3.05) is 5.32 Å². The minimum Gasteiger partial charge on any atom is -0.481 e. The molecule has 0 aromatic heterocycles. The average Bonchev–Trinajstić information content (AvgIpc) is 3.56. The molecule has 0 bridgehead atoms. The largest absolute Gasteiger partial charge is 0.481 e. The predicted octanol–water partition coefficient (Wildman–Crippen LogP) is 5.88. The van der Waals surface area contributed by atoms with Crippen LogP contribution in [0.2, 0.25) is 0 Å². The Bertz CT molecular complexity index is 1180. The Morgan fingerprint density at radius 3 is 2.03 bits per heavy atom. The standard InChI is InChI=1S/C24H17F4NO3/c25-20-13-17(23(11-12-23)22(31)32)7-10-19(20)14-3-8-18(9-4-14)29-21(30)15-1-5-16(6-2-15)24(26,27)28/h1-10,13H,11-12H2,(H,29,30)(H,31,32). The maximum Gasteiger partial charge on any atom is 0.416 e. The second kappa shape index (κ2) is 7.78. The van der Waals surface area contributed by atoms with Crippen molar-refractivity contribution in [2.24, 2.45) is 0 Å². The average molecular weight is 443 g/mol. The zero-order chi connectivity index (χ0) is 23.1. The van der Waals surface area contributed by atoms with Crippen LogP contribution in [0, 0.1) is 5.82 Å². The van der Waals surface area contributed by atoms with Gasteiger partial charge in [-0.05, 0) is 66.4 Å². The van der Waals surface area contributed by atoms with Crippen molar-refractivity contribution >= 4 is 17.6 Å². The lowest BCUT2D eigenvalue weighted by molar-refractivity contribution is -0.140. The van der Waals surface area contributed by atoms with Gasteiger partial charge in [0.15, 0.2) is 0 Å². The highest BCUT2D eigenvalue weighted by Gasteiger charge is 2.51. The van der Waals surface area contributed by atoms with Gasteiger partial charge in [-0.1, -0.05) is 24.3 Å². The van der Waals surface area contributed by atoms with Crippen LogP contribution in [0.1, 0.15) is 34.3 Å². The van der Waals surface area contributed by atoms with Gasteiger partial charge in [0.25, 0.3) is 5.91 Å². The van der Waals surface area contributed by atoms with Crippen LogP contribution >= 0.6 is 0 Å². The Hall–Kier alpha value is -3.68. The first-order valence-corrected chi connectivity index (χ1v) is 9.73. The number of anilines is 1. The van der Waals surface area contributed by atoms with Gasteiger partial charge >= 0.3 is 12.1 Å². The molecule has 2 N–H and O–H groups in total. The highest BCUT2D eigenvalue weighted by atomic mass is 19.4. The van der Waals surface area contributed by atoms with Crippen LogP contribution in [0.4, 0.5) is 23.2 Å². The van der Waals surface area contributed by atoms with E-state index in [1.165, 1.54) is 12.1 Å². The second-order valence-corrected chi connectivity index (χ2v) is 7.69. The van der Waals surface area contributed by atoms with Crippen LogP contribution in [0.5, 0.6) is 0 Å². The summed E-state index contributed by atoms with van der Waals surface area (Å²) in [6.07, 6.45) is -3.52. The van der Waals surface area contributed by atoms with E-state index in [1.54, 1.807) is 30.3 Å². The molecule has 0 atom stereocenters. The summed E-state index contributed by atoms with van der Waals surface area (Å²) >= 11 is 0. The quantitative estimate of drug-likeness (QED) is 0.484. The number of alkyl halides is 3. The summed E-state index contributed by atoms with van der Waals surface area (Å²) in [5, 5.41) is 11.9. The van der Waals surface area contributed by atoms with Crippen molar-refractivity contribution < 1.29 is 32.3 Å². The number of benzene rings is 3. The summed E-state index contributed by atoms with van der Waals surface area (Å²) in [7, 11) is 0. The molecule has 0 heterocycles. The van der Waals surface area contributed by atoms with Gasteiger partial charge in [-0.2, -0.15) is 13.2 Å². The first-order chi connectivity index (χ1) is 15.1. The lowest BCUT2D eigenvalue weighted by atomic mass is 9.93. The van der Waals surface area contributed by atoms with Crippen LogP contribution in [0.25, 0.3) is 11.1 Å². The van der Waals surface area contributed by atoms with E-state index in [1.807, 2.05) is 0 Å². The molecule has 1 saturated carbocycles. The molecule has 4 nitrogen and oxygen atoms in total. The molecule has 0 radical (unpaired) electrons. The number of carboxylic acid groups (broad SMARTS) is 1. The Morgan fingerprint density at radius 1 is 0.906 bits per heavy atom. The molecule has 3 aromatic carbocycles. The zero-order valence-electron chi connectivity index (χ0n) is 16.5. The molecular weight excluding hydrogens is 426 g/mol. The minimum absolute atomic E-state index is 0.0659. The van der Waals surface area contributed by atoms with Crippen molar-refractivity contribution in [3.63, 3.8) is 0 Å². The molecule has 1 aliphatic rings. The van der Waals surface area contributed by atoms with Crippen molar-refractivity contribution in [2.45, 2.75) is 24.4 Å².